The van der Waals surface area contributed by atoms with Crippen LogP contribution in [-0.2, 0) is 37.5 Å². The molecular weight excluding hydrogens is 428 g/mol. The van der Waals surface area contributed by atoms with E-state index in [2.05, 4.69) is 4.90 Å². The predicted molar refractivity (Wildman–Crippen MR) is 116 cm³/mol. The molecule has 33 heavy (non-hydrogen) atoms. The molecule has 2 heterocycles. The summed E-state index contributed by atoms with van der Waals surface area (Å²) in [5.74, 6) is -0.397. The van der Waals surface area contributed by atoms with Crippen LogP contribution in [-0.4, -0.2) is 71.0 Å². The van der Waals surface area contributed by atoms with Crippen molar-refractivity contribution in [2.75, 3.05) is 20.1 Å². The molecule has 0 aromatic heterocycles. The van der Waals surface area contributed by atoms with Crippen molar-refractivity contribution in [2.24, 2.45) is 5.73 Å². The third kappa shape index (κ3) is 2.99. The van der Waals surface area contributed by atoms with E-state index in [0.29, 0.717) is 36.3 Å². The molecule has 4 aliphatic rings. The lowest BCUT2D eigenvalue weighted by molar-refractivity contribution is -0.175. The lowest BCUT2D eigenvalue weighted by Gasteiger charge is -2.61. The smallest absolute Gasteiger partial charge is 0.352 e. The molecule has 0 radical (unpaired) electrons. The first-order chi connectivity index (χ1) is 15.8. The summed E-state index contributed by atoms with van der Waals surface area (Å²) in [7, 11) is 2.02. The van der Waals surface area contributed by atoms with Crippen LogP contribution < -0.4 is 10.5 Å². The molecule has 0 saturated carbocycles. The number of esters is 2. The predicted octanol–water partition coefficient (Wildman–Crippen LogP) is 0.280. The molecule has 2 bridgehead atoms. The van der Waals surface area contributed by atoms with Crippen molar-refractivity contribution in [1.29, 1.82) is 0 Å². The van der Waals surface area contributed by atoms with Gasteiger partial charge in [0.1, 0.15) is 11.5 Å². The van der Waals surface area contributed by atoms with E-state index in [1.165, 1.54) is 6.92 Å². The quantitative estimate of drug-likeness (QED) is 0.514. The fourth-order valence-electron chi connectivity index (χ4n) is 6.25. The van der Waals surface area contributed by atoms with Crippen LogP contribution in [0.25, 0.3) is 0 Å². The standard InChI is InChI=1S/C24H30N2O7/c1-13(31-18(28)6-9-25)22(29)32-16-5-7-24(30)17-11-14-3-4-15(12-27)20-19(14)23(24,21(16)33-20)8-10-26(17)2/h3-5,13,17,21,27,30H,6-12,25H2,1-2H3/t13-,17+,21-,23-,24+/m0/s1. The summed E-state index contributed by atoms with van der Waals surface area (Å²) in [4.78, 5) is 26.7. The van der Waals surface area contributed by atoms with Gasteiger partial charge in [0, 0.05) is 30.1 Å². The van der Waals surface area contributed by atoms with Gasteiger partial charge in [-0.3, -0.25) is 4.79 Å². The van der Waals surface area contributed by atoms with Crippen LogP contribution in [0, 0.1) is 0 Å². The molecule has 1 aromatic carbocycles. The highest BCUT2D eigenvalue weighted by Gasteiger charge is 2.71. The molecule has 9 heteroatoms. The van der Waals surface area contributed by atoms with Crippen LogP contribution in [0.4, 0.5) is 0 Å². The third-order valence-electron chi connectivity index (χ3n) is 7.83. The second kappa shape index (κ2) is 7.80. The Morgan fingerprint density at radius 2 is 2.18 bits per heavy atom. The van der Waals surface area contributed by atoms with Crippen molar-refractivity contribution >= 4 is 11.9 Å². The van der Waals surface area contributed by atoms with E-state index in [9.17, 15) is 19.8 Å². The van der Waals surface area contributed by atoms with Gasteiger partial charge in [0.2, 0.25) is 0 Å². The van der Waals surface area contributed by atoms with Gasteiger partial charge in [-0.1, -0.05) is 12.1 Å². The molecule has 2 aliphatic heterocycles. The van der Waals surface area contributed by atoms with E-state index in [1.54, 1.807) is 6.08 Å². The van der Waals surface area contributed by atoms with E-state index in [-0.39, 0.29) is 25.6 Å². The zero-order valence-corrected chi connectivity index (χ0v) is 18.9. The number of carbonyl (C=O) groups is 2. The second-order valence-electron chi connectivity index (χ2n) is 9.49. The third-order valence-corrected chi connectivity index (χ3v) is 7.83. The fourth-order valence-corrected chi connectivity index (χ4v) is 6.25. The van der Waals surface area contributed by atoms with Gasteiger partial charge in [-0.05, 0) is 45.0 Å². The summed E-state index contributed by atoms with van der Waals surface area (Å²) in [5.41, 5.74) is 6.13. The summed E-state index contributed by atoms with van der Waals surface area (Å²) < 4.78 is 17.2. The van der Waals surface area contributed by atoms with Gasteiger partial charge in [0.25, 0.3) is 0 Å². The molecule has 9 nitrogen and oxygen atoms in total. The number of aliphatic hydroxyl groups excluding tert-OH is 1. The molecule has 2 aliphatic carbocycles. The number of likely N-dealkylation sites (tertiary alicyclic amines) is 1. The molecule has 5 rings (SSSR count). The first-order valence-electron chi connectivity index (χ1n) is 11.4. The van der Waals surface area contributed by atoms with E-state index >= 15 is 0 Å². The largest absolute Gasteiger partial charge is 0.481 e. The lowest BCUT2D eigenvalue weighted by atomic mass is 9.50. The van der Waals surface area contributed by atoms with Crippen LogP contribution in [0.15, 0.2) is 24.0 Å². The van der Waals surface area contributed by atoms with Gasteiger partial charge in [-0.15, -0.1) is 0 Å². The van der Waals surface area contributed by atoms with Crippen molar-refractivity contribution in [3.63, 3.8) is 0 Å². The maximum absolute atomic E-state index is 12.8. The molecule has 0 unspecified atom stereocenters. The van der Waals surface area contributed by atoms with E-state index < -0.39 is 35.2 Å². The highest BCUT2D eigenvalue weighted by molar-refractivity contribution is 5.80. The van der Waals surface area contributed by atoms with Gasteiger partial charge >= 0.3 is 11.9 Å². The summed E-state index contributed by atoms with van der Waals surface area (Å²) in [6, 6.07) is 3.75. The number of piperidine rings is 1. The number of carbonyl (C=O) groups excluding carboxylic acids is 2. The number of nitrogens with two attached hydrogens (primary N) is 1. The Morgan fingerprint density at radius 1 is 1.39 bits per heavy atom. The topological polar surface area (TPSA) is 132 Å². The zero-order valence-electron chi connectivity index (χ0n) is 18.9. The van der Waals surface area contributed by atoms with Crippen LogP contribution in [0.1, 0.15) is 42.9 Å². The molecule has 1 aromatic rings. The van der Waals surface area contributed by atoms with Crippen LogP contribution >= 0.6 is 0 Å². The molecule has 1 fully saturated rings. The molecule has 5 atom stereocenters. The Kier molecular flexibility index (Phi) is 5.28. The second-order valence-corrected chi connectivity index (χ2v) is 9.49. The number of likely N-dealkylation sites (N-methyl/N-ethyl adjacent to an activating group) is 1. The molecular formula is C24H30N2O7. The minimum absolute atomic E-state index is 0.0130. The summed E-state index contributed by atoms with van der Waals surface area (Å²) in [6.07, 6.45) is 1.50. The van der Waals surface area contributed by atoms with Gasteiger partial charge in [0.05, 0.1) is 24.0 Å². The van der Waals surface area contributed by atoms with Crippen LogP contribution in [0.3, 0.4) is 0 Å². The van der Waals surface area contributed by atoms with E-state index in [1.807, 2.05) is 19.2 Å². The maximum atomic E-state index is 12.8. The maximum Gasteiger partial charge on any atom is 0.352 e. The number of rotatable bonds is 6. The SMILES string of the molecule is C[C@H](OC(=O)CCN)C(=O)OC1=CC[C@@]2(O)[C@H]3Cc4ccc(CO)c5c4[C@@]2(CCN3C)[C@H]1O5. The van der Waals surface area contributed by atoms with Crippen molar-refractivity contribution < 1.29 is 34.0 Å². The average molecular weight is 459 g/mol. The highest BCUT2D eigenvalue weighted by atomic mass is 16.6. The Bertz CT molecular complexity index is 1040. The van der Waals surface area contributed by atoms with Crippen molar-refractivity contribution in [3.05, 3.63) is 40.7 Å². The number of hydrogen-bond acceptors (Lipinski definition) is 9. The highest BCUT2D eigenvalue weighted by Crippen LogP contribution is 2.64. The van der Waals surface area contributed by atoms with Gasteiger partial charge in [-0.25, -0.2) is 4.79 Å². The summed E-state index contributed by atoms with van der Waals surface area (Å²) in [5, 5.41) is 22.1. The number of ether oxygens (including phenoxy) is 3. The molecule has 1 saturated heterocycles. The average Bonchev–Trinajstić information content (AvgIpc) is 3.13. The minimum atomic E-state index is -1.11. The van der Waals surface area contributed by atoms with Gasteiger partial charge in [-0.2, -0.15) is 0 Å². The lowest BCUT2D eigenvalue weighted by Crippen LogP contribution is -2.74. The number of aliphatic hydroxyl groups is 2. The van der Waals surface area contributed by atoms with E-state index in [4.69, 9.17) is 19.9 Å². The molecule has 178 valence electrons. The van der Waals surface area contributed by atoms with Crippen molar-refractivity contribution in [2.45, 2.75) is 68.5 Å². The molecule has 1 spiro atoms. The van der Waals surface area contributed by atoms with Gasteiger partial charge in [0.15, 0.2) is 12.2 Å². The normalized spacial score (nSPS) is 32.3. The Hall–Kier alpha value is -2.46. The summed E-state index contributed by atoms with van der Waals surface area (Å²) >= 11 is 0. The first-order valence-corrected chi connectivity index (χ1v) is 11.4. The Balaban J connectivity index is 1.53. The zero-order chi connectivity index (χ0) is 23.5. The van der Waals surface area contributed by atoms with Crippen LogP contribution in [0.5, 0.6) is 5.75 Å². The van der Waals surface area contributed by atoms with Crippen molar-refractivity contribution in [1.82, 2.24) is 4.90 Å². The van der Waals surface area contributed by atoms with E-state index in [0.717, 1.165) is 17.7 Å². The number of nitrogens with zero attached hydrogens (tertiary/aromatic N) is 1. The number of hydrogen-bond donors (Lipinski definition) is 3. The number of benzene rings is 1. The first kappa shape index (κ1) is 22.3. The monoisotopic (exact) mass is 458 g/mol. The minimum Gasteiger partial charge on any atom is -0.481 e. The summed E-state index contributed by atoms with van der Waals surface area (Å²) in [6.45, 7) is 2.14. The van der Waals surface area contributed by atoms with Crippen molar-refractivity contribution in [3.8, 4) is 5.75 Å². The Morgan fingerprint density at radius 3 is 2.91 bits per heavy atom. The van der Waals surface area contributed by atoms with Gasteiger partial charge < -0.3 is 35.1 Å². The fraction of sp³-hybridized carbons (Fsp3) is 0.583. The Labute approximate surface area is 192 Å². The molecule has 0 amide bonds. The molecule has 4 N–H and O–H groups in total. The van der Waals surface area contributed by atoms with Crippen LogP contribution in [0.2, 0.25) is 0 Å².